The molecule has 0 aliphatic heterocycles. The molecule has 0 saturated heterocycles. The minimum Gasteiger partial charge on any atom is -0.481 e. The van der Waals surface area contributed by atoms with Crippen LogP contribution in [0.2, 0.25) is 0 Å². The highest BCUT2D eigenvalue weighted by atomic mass is 19.1. The van der Waals surface area contributed by atoms with Crippen LogP contribution in [0.1, 0.15) is 29.2 Å². The quantitative estimate of drug-likeness (QED) is 0.396. The van der Waals surface area contributed by atoms with Gasteiger partial charge in [-0.25, -0.2) is 9.18 Å². The lowest BCUT2D eigenvalue weighted by Crippen LogP contribution is -2.30. The maximum atomic E-state index is 14.8. The number of hydrogen-bond acceptors (Lipinski definition) is 2. The van der Waals surface area contributed by atoms with Crippen molar-refractivity contribution in [1.82, 2.24) is 13.7 Å². The summed E-state index contributed by atoms with van der Waals surface area (Å²) in [6.45, 7) is 2.35. The van der Waals surface area contributed by atoms with Gasteiger partial charge in [-0.05, 0) is 42.3 Å². The Balaban J connectivity index is 1.74. The summed E-state index contributed by atoms with van der Waals surface area (Å²) in [5.41, 5.74) is 4.21. The van der Waals surface area contributed by atoms with Crippen LogP contribution in [-0.4, -0.2) is 24.8 Å². The monoisotopic (exact) mass is 457 g/mol. The van der Waals surface area contributed by atoms with Crippen LogP contribution in [0.15, 0.2) is 77.7 Å². The van der Waals surface area contributed by atoms with Crippen molar-refractivity contribution < 1.29 is 14.3 Å². The third kappa shape index (κ3) is 3.50. The lowest BCUT2D eigenvalue weighted by atomic mass is 10.0. The van der Waals surface area contributed by atoms with E-state index in [9.17, 15) is 19.1 Å². The first kappa shape index (κ1) is 21.7. The average molecular weight is 458 g/mol. The number of aromatic nitrogens is 3. The summed E-state index contributed by atoms with van der Waals surface area (Å²) >= 11 is 0. The topological polar surface area (TPSA) is 69.2 Å². The Morgan fingerprint density at radius 3 is 2.38 bits per heavy atom. The van der Waals surface area contributed by atoms with Gasteiger partial charge in [-0.2, -0.15) is 0 Å². The Kier molecular flexibility index (Phi) is 5.32. The van der Waals surface area contributed by atoms with Crippen molar-refractivity contribution in [2.75, 3.05) is 0 Å². The number of hydrogen-bond donors (Lipinski definition) is 1. The van der Waals surface area contributed by atoms with E-state index in [4.69, 9.17) is 0 Å². The molecule has 1 unspecified atom stereocenters. The van der Waals surface area contributed by atoms with Crippen LogP contribution in [0.4, 0.5) is 4.39 Å². The van der Waals surface area contributed by atoms with Crippen LogP contribution < -0.4 is 5.69 Å². The van der Waals surface area contributed by atoms with Crippen LogP contribution in [0.5, 0.6) is 0 Å². The molecule has 5 rings (SSSR count). The number of carboxylic acids is 1. The van der Waals surface area contributed by atoms with Crippen molar-refractivity contribution in [2.24, 2.45) is 7.05 Å². The molecule has 0 aliphatic rings. The average Bonchev–Trinajstić information content (AvgIpc) is 3.28. The number of benzene rings is 3. The number of aliphatic carboxylic acids is 1. The zero-order valence-electron chi connectivity index (χ0n) is 18.9. The second-order valence-electron chi connectivity index (χ2n) is 8.60. The van der Waals surface area contributed by atoms with E-state index in [0.29, 0.717) is 17.6 Å². The minimum atomic E-state index is -1.11. The molecule has 6 nitrogen and oxygen atoms in total. The molecular weight excluding hydrogens is 433 g/mol. The van der Waals surface area contributed by atoms with Crippen molar-refractivity contribution >= 4 is 27.9 Å². The molecule has 0 spiro atoms. The van der Waals surface area contributed by atoms with Crippen LogP contribution in [0, 0.1) is 12.7 Å². The van der Waals surface area contributed by atoms with Gasteiger partial charge in [0.15, 0.2) is 0 Å². The number of nitrogens with zero attached hydrogens (tertiary/aromatic N) is 3. The molecular formula is C27H24FN3O3. The van der Waals surface area contributed by atoms with E-state index in [2.05, 4.69) is 0 Å². The van der Waals surface area contributed by atoms with Crippen molar-refractivity contribution in [3.05, 3.63) is 106 Å². The van der Waals surface area contributed by atoms with E-state index >= 15 is 0 Å². The molecule has 0 radical (unpaired) electrons. The van der Waals surface area contributed by atoms with Gasteiger partial charge in [0.05, 0.1) is 30.0 Å². The summed E-state index contributed by atoms with van der Waals surface area (Å²) in [5, 5.41) is 10.7. The SMILES string of the molecule is Cc1cccc2c1c(Cn1c(=O)n(C(CC(=O)O)c3ccccc3F)c3ccccc31)cn2C. The van der Waals surface area contributed by atoms with E-state index in [1.165, 1.54) is 16.7 Å². The highest BCUT2D eigenvalue weighted by Gasteiger charge is 2.26. The van der Waals surface area contributed by atoms with Gasteiger partial charge in [0, 0.05) is 29.7 Å². The zero-order chi connectivity index (χ0) is 24.0. The molecule has 5 aromatic rings. The Morgan fingerprint density at radius 1 is 0.971 bits per heavy atom. The number of halogens is 1. The number of fused-ring (bicyclic) bond motifs is 2. The molecule has 7 heteroatoms. The van der Waals surface area contributed by atoms with Gasteiger partial charge in [-0.3, -0.25) is 13.9 Å². The number of rotatable bonds is 6. The highest BCUT2D eigenvalue weighted by molar-refractivity contribution is 5.87. The van der Waals surface area contributed by atoms with E-state index in [0.717, 1.165) is 22.0 Å². The Hall–Kier alpha value is -4.13. The predicted molar refractivity (Wildman–Crippen MR) is 130 cm³/mol. The number of para-hydroxylation sites is 2. The molecule has 3 aromatic carbocycles. The van der Waals surface area contributed by atoms with Crippen LogP contribution in [0.25, 0.3) is 21.9 Å². The fourth-order valence-corrected chi connectivity index (χ4v) is 4.96. The maximum Gasteiger partial charge on any atom is 0.330 e. The van der Waals surface area contributed by atoms with Gasteiger partial charge >= 0.3 is 11.7 Å². The van der Waals surface area contributed by atoms with Crippen molar-refractivity contribution in [2.45, 2.75) is 25.9 Å². The molecule has 1 N–H and O–H groups in total. The van der Waals surface area contributed by atoms with Crippen LogP contribution >= 0.6 is 0 Å². The van der Waals surface area contributed by atoms with Crippen LogP contribution in [0.3, 0.4) is 0 Å². The largest absolute Gasteiger partial charge is 0.481 e. The summed E-state index contributed by atoms with van der Waals surface area (Å²) in [4.78, 5) is 25.6. The molecule has 34 heavy (non-hydrogen) atoms. The second-order valence-corrected chi connectivity index (χ2v) is 8.60. The number of aryl methyl sites for hydroxylation is 2. The van der Waals surface area contributed by atoms with Gasteiger partial charge in [0.1, 0.15) is 5.82 Å². The third-order valence-corrected chi connectivity index (χ3v) is 6.44. The fraction of sp³-hybridized carbons (Fsp3) is 0.185. The van der Waals surface area contributed by atoms with Crippen LogP contribution in [-0.2, 0) is 18.4 Å². The van der Waals surface area contributed by atoms with Gasteiger partial charge in [0.2, 0.25) is 0 Å². The molecule has 2 aromatic heterocycles. The van der Waals surface area contributed by atoms with Gasteiger partial charge in [-0.15, -0.1) is 0 Å². The van der Waals surface area contributed by atoms with E-state index in [1.54, 1.807) is 28.8 Å². The van der Waals surface area contributed by atoms with E-state index < -0.39 is 24.2 Å². The smallest absolute Gasteiger partial charge is 0.330 e. The summed E-state index contributed by atoms with van der Waals surface area (Å²) in [5.74, 6) is -1.65. The Bertz CT molecular complexity index is 1610. The van der Waals surface area contributed by atoms with E-state index in [-0.39, 0.29) is 11.3 Å². The zero-order valence-corrected chi connectivity index (χ0v) is 18.9. The lowest BCUT2D eigenvalue weighted by molar-refractivity contribution is -0.137. The molecule has 1 atom stereocenters. The lowest BCUT2D eigenvalue weighted by Gasteiger charge is -2.18. The molecule has 0 aliphatic carbocycles. The predicted octanol–water partition coefficient (Wildman–Crippen LogP) is 4.85. The highest BCUT2D eigenvalue weighted by Crippen LogP contribution is 2.29. The third-order valence-electron chi connectivity index (χ3n) is 6.44. The molecule has 0 amide bonds. The fourth-order valence-electron chi connectivity index (χ4n) is 4.96. The second kappa shape index (κ2) is 8.33. The summed E-state index contributed by atoms with van der Waals surface area (Å²) in [6.07, 6.45) is 1.60. The first-order valence-electron chi connectivity index (χ1n) is 11.1. The molecule has 0 bridgehead atoms. The number of imidazole rings is 1. The molecule has 2 heterocycles. The van der Waals surface area contributed by atoms with E-state index in [1.807, 2.05) is 55.1 Å². The molecule has 0 fully saturated rings. The molecule has 172 valence electrons. The standard InChI is InChI=1S/C27H24FN3O3/c1-17-8-7-13-23-26(17)18(15-29(23)2)16-30-21-11-5-6-12-22(21)31(27(30)34)24(14-25(32)33)19-9-3-4-10-20(19)28/h3-13,15,24H,14,16H2,1-2H3,(H,32,33). The normalized spacial score (nSPS) is 12.4. The summed E-state index contributed by atoms with van der Waals surface area (Å²) in [6, 6.07) is 18.4. The Morgan fingerprint density at radius 2 is 1.65 bits per heavy atom. The first-order valence-corrected chi connectivity index (χ1v) is 11.1. The molecule has 0 saturated carbocycles. The van der Waals surface area contributed by atoms with Gasteiger partial charge in [0.25, 0.3) is 0 Å². The number of carbonyl (C=O) groups is 1. The minimum absolute atomic E-state index is 0.177. The first-order chi connectivity index (χ1) is 16.4. The van der Waals surface area contributed by atoms with Gasteiger partial charge < -0.3 is 9.67 Å². The van der Waals surface area contributed by atoms with Crippen molar-refractivity contribution in [3.63, 3.8) is 0 Å². The van der Waals surface area contributed by atoms with Crippen molar-refractivity contribution in [1.29, 1.82) is 0 Å². The van der Waals surface area contributed by atoms with Gasteiger partial charge in [-0.1, -0.05) is 42.5 Å². The maximum absolute atomic E-state index is 14.8. The summed E-state index contributed by atoms with van der Waals surface area (Å²) in [7, 11) is 1.97. The number of carboxylic acid groups (broad SMARTS) is 1. The summed E-state index contributed by atoms with van der Waals surface area (Å²) < 4.78 is 19.9. The Labute approximate surface area is 195 Å². The van der Waals surface area contributed by atoms with Crippen molar-refractivity contribution in [3.8, 4) is 0 Å².